The van der Waals surface area contributed by atoms with Gasteiger partial charge >= 0.3 is 0 Å². The quantitative estimate of drug-likeness (QED) is 0.0695. The Labute approximate surface area is 456 Å². The summed E-state index contributed by atoms with van der Waals surface area (Å²) in [6, 6.07) is 25.0. The molecule has 0 spiro atoms. The molecule has 15 nitrogen and oxygen atoms in total. The molecule has 0 atom stereocenters. The molecule has 0 aliphatic carbocycles. The first-order chi connectivity index (χ1) is 38.4. The minimum absolute atomic E-state index is 0.812. The minimum atomic E-state index is 0.812. The lowest BCUT2D eigenvalue weighted by atomic mass is 10.1. The zero-order chi connectivity index (χ0) is 53.4. The molecule has 13 rings (SSSR count). The number of rotatable bonds is 13. The first-order valence-electron chi connectivity index (χ1n) is 27.7. The fourth-order valence-electron chi connectivity index (χ4n) is 11.1. The van der Waals surface area contributed by atoms with Crippen LogP contribution in [-0.2, 0) is 6.54 Å². The highest BCUT2D eigenvalue weighted by Crippen LogP contribution is 2.37. The van der Waals surface area contributed by atoms with Crippen LogP contribution in [0, 0.1) is 6.92 Å². The third kappa shape index (κ3) is 11.1. The summed E-state index contributed by atoms with van der Waals surface area (Å²) in [7, 11) is 0. The van der Waals surface area contributed by atoms with Crippen molar-refractivity contribution in [2.75, 3.05) is 49.5 Å². The Morgan fingerprint density at radius 1 is 0.641 bits per heavy atom. The van der Waals surface area contributed by atoms with Crippen LogP contribution in [0.3, 0.4) is 0 Å². The first-order valence-corrected chi connectivity index (χ1v) is 27.7. The Morgan fingerprint density at radius 3 is 1.95 bits per heavy atom. The monoisotopic (exact) mass is 1040 g/mol. The molecular weight excluding hydrogens is 967 g/mol. The van der Waals surface area contributed by atoms with E-state index in [1.54, 1.807) is 6.20 Å². The van der Waals surface area contributed by atoms with Crippen molar-refractivity contribution in [2.24, 2.45) is 0 Å². The second-order valence-corrected chi connectivity index (χ2v) is 20.3. The first kappa shape index (κ1) is 51.4. The zero-order valence-electron chi connectivity index (χ0n) is 45.1. The number of fused-ring (bicyclic) bond motifs is 3. The maximum atomic E-state index is 4.72. The molecular formula is C63H69N15. The van der Waals surface area contributed by atoms with E-state index < -0.39 is 0 Å². The molecule has 1 aromatic carbocycles. The van der Waals surface area contributed by atoms with E-state index >= 15 is 0 Å². The molecule has 15 heteroatoms. The van der Waals surface area contributed by atoms with Gasteiger partial charge in [0.15, 0.2) is 0 Å². The van der Waals surface area contributed by atoms with E-state index in [-0.39, 0.29) is 0 Å². The van der Waals surface area contributed by atoms with Crippen LogP contribution >= 0.6 is 0 Å². The van der Waals surface area contributed by atoms with E-state index in [0.29, 0.717) is 0 Å². The van der Waals surface area contributed by atoms with E-state index in [0.717, 1.165) is 133 Å². The van der Waals surface area contributed by atoms with Gasteiger partial charge in [0.25, 0.3) is 0 Å². The van der Waals surface area contributed by atoms with E-state index in [4.69, 9.17) is 9.97 Å². The lowest BCUT2D eigenvalue weighted by Crippen LogP contribution is -2.29. The van der Waals surface area contributed by atoms with Crippen molar-refractivity contribution in [3.8, 4) is 45.3 Å². The topological polar surface area (TPSA) is 175 Å². The molecule has 0 bridgehead atoms. The van der Waals surface area contributed by atoms with Crippen LogP contribution in [0.2, 0.25) is 0 Å². The number of nitrogens with zero attached hydrogens (tertiary/aromatic N) is 10. The van der Waals surface area contributed by atoms with Gasteiger partial charge in [0.2, 0.25) is 0 Å². The smallest absolute Gasteiger partial charge is 0.139 e. The van der Waals surface area contributed by atoms with Crippen molar-refractivity contribution in [3.05, 3.63) is 164 Å². The van der Waals surface area contributed by atoms with Crippen molar-refractivity contribution in [1.82, 2.24) is 65.1 Å². The molecule has 0 unspecified atom stereocenters. The average Bonchev–Trinajstić information content (AvgIpc) is 4.38. The number of hydrogen-bond acceptors (Lipinski definition) is 11. The van der Waals surface area contributed by atoms with Gasteiger partial charge in [0, 0.05) is 113 Å². The second kappa shape index (κ2) is 23.7. The van der Waals surface area contributed by atoms with Gasteiger partial charge in [0.1, 0.15) is 17.0 Å². The molecule has 9 aromatic heterocycles. The molecule has 3 fully saturated rings. The van der Waals surface area contributed by atoms with Gasteiger partial charge in [-0.05, 0) is 131 Å². The number of H-pyrrole nitrogens is 4. The van der Waals surface area contributed by atoms with Crippen molar-refractivity contribution < 1.29 is 0 Å². The van der Waals surface area contributed by atoms with Crippen LogP contribution in [-0.4, -0.2) is 104 Å². The number of piperidine rings is 2. The summed E-state index contributed by atoms with van der Waals surface area (Å²) >= 11 is 0. The van der Waals surface area contributed by atoms with Crippen LogP contribution in [0.25, 0.3) is 89.5 Å². The van der Waals surface area contributed by atoms with Crippen LogP contribution < -0.4 is 10.2 Å². The van der Waals surface area contributed by atoms with Crippen molar-refractivity contribution in [1.29, 1.82) is 0 Å². The van der Waals surface area contributed by atoms with Gasteiger partial charge in [0.05, 0.1) is 58.1 Å². The van der Waals surface area contributed by atoms with Gasteiger partial charge in [-0.3, -0.25) is 35.0 Å². The number of anilines is 2. The van der Waals surface area contributed by atoms with Gasteiger partial charge < -0.3 is 25.1 Å². The summed E-state index contributed by atoms with van der Waals surface area (Å²) in [6.07, 6.45) is 27.2. The Balaban J connectivity index is 0.000000161. The maximum absolute atomic E-state index is 4.72. The fourth-order valence-corrected chi connectivity index (χ4v) is 11.1. The molecule has 5 N–H and O–H groups in total. The molecule has 0 radical (unpaired) electrons. The van der Waals surface area contributed by atoms with E-state index in [2.05, 4.69) is 128 Å². The minimum Gasteiger partial charge on any atom is -0.371 e. The Morgan fingerprint density at radius 2 is 1.27 bits per heavy atom. The Kier molecular flexibility index (Phi) is 15.6. The second-order valence-electron chi connectivity index (χ2n) is 20.3. The van der Waals surface area contributed by atoms with Crippen LogP contribution in [0.5, 0.6) is 0 Å². The fraction of sp³-hybridized carbons (Fsp3) is 0.286. The molecule has 396 valence electrons. The van der Waals surface area contributed by atoms with Crippen LogP contribution in [0.1, 0.15) is 87.6 Å². The zero-order valence-corrected chi connectivity index (χ0v) is 45.1. The highest BCUT2D eigenvalue weighted by Gasteiger charge is 2.22. The SMILES string of the molecule is C=C/C=C(\c1cc(-c2n[nH]c3cnc(-c4cncc(NC(=C)c5ccccc5)c4)cc23)[nH]c1C)N1CCCCC1.CC.c1cc(N2CCCCC2)c2cc(-c3n[nH]c4cnc(-c5cncc(CN6CCCC6)c5)cc34)[nH]c2n1. The number of hydrogen-bond donors (Lipinski definition) is 5. The number of allylic oxidation sites excluding steroid dienone is 2. The summed E-state index contributed by atoms with van der Waals surface area (Å²) in [5.41, 5.74) is 18.7. The summed E-state index contributed by atoms with van der Waals surface area (Å²) < 4.78 is 0. The highest BCUT2D eigenvalue weighted by atomic mass is 15.2. The normalized spacial score (nSPS) is 15.0. The standard InChI is InChI=1S/C33H33N7.C28H30N8.C2H6/c1-4-11-32(40-14-9-6-10-15-40)27-17-30(37-23(27)3)33-28-18-29(35-21-31(28)38-39-33)25-16-26(20-34-19-25)36-22(2)24-12-7-5-8-13-24;1-2-10-36(11-3-1)26-6-7-30-28-22(26)14-24(32-28)27-21-13-23(31-17-25(21)33-34-27)20-12-19(15-29-16-20)18-35-8-4-5-9-35;1-2/h4-5,7-8,11-13,16-21,36-37H,1-2,6,9-10,14-15H2,3H3,(H,38,39);6-7,12-17H,1-5,8-11,18H2,(H,30,32)(H,33,34);1-2H3/b32-11+;;. The largest absolute Gasteiger partial charge is 0.371 e. The molecule has 10 aromatic rings. The van der Waals surface area contributed by atoms with E-state index in [1.165, 1.54) is 87.0 Å². The number of benzene rings is 1. The molecule has 12 heterocycles. The molecule has 0 amide bonds. The number of aryl methyl sites for hydroxylation is 1. The molecule has 3 aliphatic heterocycles. The Hall–Kier alpha value is -8.69. The Bertz CT molecular complexity index is 3710. The number of nitrogens with one attached hydrogen (secondary N) is 5. The van der Waals surface area contributed by atoms with Crippen LogP contribution in [0.4, 0.5) is 11.4 Å². The van der Waals surface area contributed by atoms with Gasteiger partial charge in [-0.15, -0.1) is 0 Å². The molecule has 78 heavy (non-hydrogen) atoms. The highest BCUT2D eigenvalue weighted by molar-refractivity contribution is 5.99. The number of likely N-dealkylation sites (tertiary alicyclic amines) is 2. The van der Waals surface area contributed by atoms with Crippen molar-refractivity contribution in [3.63, 3.8) is 0 Å². The molecule has 3 aliphatic rings. The van der Waals surface area contributed by atoms with Gasteiger partial charge in [-0.25, -0.2) is 4.98 Å². The summed E-state index contributed by atoms with van der Waals surface area (Å²) in [4.78, 5) is 37.6. The van der Waals surface area contributed by atoms with Gasteiger partial charge in [-0.2, -0.15) is 10.2 Å². The average molecular weight is 1040 g/mol. The molecule has 3 saturated heterocycles. The summed E-state index contributed by atoms with van der Waals surface area (Å²) in [6.45, 7) is 21.9. The number of aromatic nitrogens is 11. The lowest BCUT2D eigenvalue weighted by Gasteiger charge is -2.31. The number of pyridine rings is 5. The maximum Gasteiger partial charge on any atom is 0.139 e. The third-order valence-corrected chi connectivity index (χ3v) is 15.0. The predicted molar refractivity (Wildman–Crippen MR) is 318 cm³/mol. The number of aromatic amines is 4. The summed E-state index contributed by atoms with van der Waals surface area (Å²) in [5.74, 6) is 0. The van der Waals surface area contributed by atoms with Gasteiger partial charge in [-0.1, -0.05) is 63.4 Å². The van der Waals surface area contributed by atoms with Crippen molar-refractivity contribution in [2.45, 2.75) is 78.7 Å². The van der Waals surface area contributed by atoms with Crippen molar-refractivity contribution >= 4 is 55.6 Å². The molecule has 0 saturated carbocycles. The van der Waals surface area contributed by atoms with E-state index in [1.807, 2.05) is 93.5 Å². The lowest BCUT2D eigenvalue weighted by molar-refractivity contribution is 0.326. The summed E-state index contributed by atoms with van der Waals surface area (Å²) in [5, 5.41) is 22.2. The third-order valence-electron chi connectivity index (χ3n) is 15.0. The predicted octanol–water partition coefficient (Wildman–Crippen LogP) is 13.6. The van der Waals surface area contributed by atoms with E-state index in [9.17, 15) is 0 Å². The van der Waals surface area contributed by atoms with Crippen LogP contribution in [0.15, 0.2) is 141 Å².